The molecule has 2 N–H and O–H groups in total. The number of carbonyl (C=O) groups is 1. The molecule has 0 saturated heterocycles. The number of hydrogen-bond donors (Lipinski definition) is 2. The molecule has 0 bridgehead atoms. The Morgan fingerprint density at radius 2 is 1.76 bits per heavy atom. The second-order valence-electron chi connectivity index (χ2n) is 9.03. The van der Waals surface area contributed by atoms with Crippen LogP contribution in [0.3, 0.4) is 0 Å². The van der Waals surface area contributed by atoms with Crippen molar-refractivity contribution in [2.24, 2.45) is 0 Å². The van der Waals surface area contributed by atoms with E-state index in [1.54, 1.807) is 30.0 Å². The Kier molecular flexibility index (Phi) is 7.74. The molecule has 0 saturated carbocycles. The monoisotopic (exact) mass is 509 g/mol. The summed E-state index contributed by atoms with van der Waals surface area (Å²) < 4.78 is 6.66. The Bertz CT molecular complexity index is 1450. The Morgan fingerprint density at radius 3 is 2.43 bits per heavy atom. The van der Waals surface area contributed by atoms with Crippen molar-refractivity contribution in [3.05, 3.63) is 130 Å². The van der Waals surface area contributed by atoms with Crippen molar-refractivity contribution in [3.8, 4) is 5.75 Å². The highest BCUT2D eigenvalue weighted by Crippen LogP contribution is 2.47. The Labute approximate surface area is 223 Å². The third kappa shape index (κ3) is 5.42. The smallest absolute Gasteiger partial charge is 0.337 e. The zero-order valence-corrected chi connectivity index (χ0v) is 22.4. The summed E-state index contributed by atoms with van der Waals surface area (Å²) in [5.74, 6) is 0.514. The van der Waals surface area contributed by atoms with Gasteiger partial charge in [-0.1, -0.05) is 79.5 Å². The molecule has 1 atom stereocenters. The minimum atomic E-state index is -0.972. The number of aromatic carboxylic acids is 1. The first kappa shape index (κ1) is 26.1. The number of benzene rings is 3. The van der Waals surface area contributed by atoms with Crippen LogP contribution in [0.1, 0.15) is 59.4 Å². The zero-order valence-electron chi connectivity index (χ0n) is 21.6. The van der Waals surface area contributed by atoms with Gasteiger partial charge in [0.2, 0.25) is 0 Å². The Balaban J connectivity index is 1.70. The lowest BCUT2D eigenvalue weighted by Crippen LogP contribution is -2.16. The van der Waals surface area contributed by atoms with Crippen molar-refractivity contribution in [3.63, 3.8) is 0 Å². The molecule has 0 radical (unpaired) electrons. The molecule has 1 aliphatic heterocycles. The number of para-hydroxylation sites is 1. The number of aryl methyl sites for hydroxylation is 1. The fourth-order valence-electron chi connectivity index (χ4n) is 4.37. The Hall–Kier alpha value is -3.96. The number of anilines is 1. The van der Waals surface area contributed by atoms with Crippen LogP contribution in [0.25, 0.3) is 10.5 Å². The van der Waals surface area contributed by atoms with Crippen molar-refractivity contribution in [2.45, 2.75) is 33.7 Å². The standard InChI is InChI=1S/C32H31NO3S/c1-7-29(37-23(6)24-13-9-8-10-14-24)30-21(4)20(3)26-17-19(2)18-27(31(26)36-30)22(5)33-28-16-12-11-15-25(28)32(34)35/h7-18,22,33H,3,6H2,1-2,4-5H3,(H,34,35)/b29-7-. The lowest BCUT2D eigenvalue weighted by atomic mass is 9.90. The van der Waals surface area contributed by atoms with Gasteiger partial charge in [0, 0.05) is 27.3 Å². The van der Waals surface area contributed by atoms with Crippen molar-refractivity contribution in [1.29, 1.82) is 0 Å². The van der Waals surface area contributed by atoms with Crippen LogP contribution in [0.4, 0.5) is 5.69 Å². The number of carboxylic acids is 1. The SMILES string of the molecule is C=C(S/C(=C\C)C1=C(C)C(=C)c2cc(C)cc(C(C)Nc3ccccc3C(=O)O)c2O1)c1ccccc1. The summed E-state index contributed by atoms with van der Waals surface area (Å²) in [6.07, 6.45) is 2.04. The average Bonchev–Trinajstić information content (AvgIpc) is 2.90. The first-order chi connectivity index (χ1) is 17.7. The topological polar surface area (TPSA) is 58.6 Å². The predicted molar refractivity (Wildman–Crippen MR) is 156 cm³/mol. The van der Waals surface area contributed by atoms with E-state index in [0.717, 1.165) is 54.7 Å². The number of nitrogens with one attached hydrogen (secondary N) is 1. The van der Waals surface area contributed by atoms with Crippen LogP contribution in [0.15, 0.2) is 102 Å². The quantitative estimate of drug-likeness (QED) is 0.318. The fraction of sp³-hybridized carbons (Fsp3) is 0.156. The molecule has 188 valence electrons. The Morgan fingerprint density at radius 1 is 1.08 bits per heavy atom. The third-order valence-electron chi connectivity index (χ3n) is 6.40. The van der Waals surface area contributed by atoms with Crippen LogP contribution < -0.4 is 10.1 Å². The van der Waals surface area contributed by atoms with Gasteiger partial charge in [-0.25, -0.2) is 4.79 Å². The van der Waals surface area contributed by atoms with E-state index in [9.17, 15) is 9.90 Å². The van der Waals surface area contributed by atoms with Gasteiger partial charge in [0.25, 0.3) is 0 Å². The molecule has 0 amide bonds. The van der Waals surface area contributed by atoms with Gasteiger partial charge < -0.3 is 15.2 Å². The molecule has 3 aromatic carbocycles. The molecule has 1 heterocycles. The average molecular weight is 510 g/mol. The van der Waals surface area contributed by atoms with Crippen LogP contribution >= 0.6 is 11.8 Å². The van der Waals surface area contributed by atoms with Crippen molar-refractivity contribution < 1.29 is 14.6 Å². The zero-order chi connectivity index (χ0) is 26.7. The highest BCUT2D eigenvalue weighted by Gasteiger charge is 2.28. The molecule has 1 unspecified atom stereocenters. The molecule has 4 nitrogen and oxygen atoms in total. The minimum Gasteiger partial charge on any atom is -0.478 e. The van der Waals surface area contributed by atoms with E-state index >= 15 is 0 Å². The van der Waals surface area contributed by atoms with Crippen molar-refractivity contribution in [2.75, 3.05) is 5.32 Å². The van der Waals surface area contributed by atoms with Crippen LogP contribution in [-0.2, 0) is 0 Å². The minimum absolute atomic E-state index is 0.220. The van der Waals surface area contributed by atoms with Gasteiger partial charge in [0.1, 0.15) is 11.5 Å². The van der Waals surface area contributed by atoms with Crippen LogP contribution in [0.2, 0.25) is 0 Å². The van der Waals surface area contributed by atoms with E-state index in [1.165, 1.54) is 0 Å². The first-order valence-electron chi connectivity index (χ1n) is 12.1. The van der Waals surface area contributed by atoms with E-state index in [0.29, 0.717) is 5.69 Å². The third-order valence-corrected chi connectivity index (χ3v) is 7.52. The summed E-state index contributed by atoms with van der Waals surface area (Å²) in [6, 6.07) is 21.0. The van der Waals surface area contributed by atoms with Gasteiger partial charge >= 0.3 is 5.97 Å². The van der Waals surface area contributed by atoms with Gasteiger partial charge in [-0.15, -0.1) is 0 Å². The van der Waals surface area contributed by atoms with Gasteiger partial charge in [-0.2, -0.15) is 0 Å². The highest BCUT2D eigenvalue weighted by molar-refractivity contribution is 8.11. The summed E-state index contributed by atoms with van der Waals surface area (Å²) in [7, 11) is 0. The molecule has 37 heavy (non-hydrogen) atoms. The molecule has 3 aromatic rings. The van der Waals surface area contributed by atoms with Crippen LogP contribution in [0, 0.1) is 6.92 Å². The molecule has 0 aromatic heterocycles. The maximum absolute atomic E-state index is 11.7. The van der Waals surface area contributed by atoms with E-state index in [-0.39, 0.29) is 11.6 Å². The molecular formula is C32H31NO3S. The van der Waals surface area contributed by atoms with Crippen molar-refractivity contribution >= 4 is 33.9 Å². The molecule has 0 spiro atoms. The van der Waals surface area contributed by atoms with E-state index in [2.05, 4.69) is 30.6 Å². The molecule has 0 fully saturated rings. The molecule has 0 aliphatic carbocycles. The van der Waals surface area contributed by atoms with Gasteiger partial charge in [0.05, 0.1) is 16.5 Å². The van der Waals surface area contributed by atoms with Gasteiger partial charge in [-0.3, -0.25) is 0 Å². The number of carboxylic acid groups (broad SMARTS) is 1. The first-order valence-corrected chi connectivity index (χ1v) is 12.9. The van der Waals surface area contributed by atoms with Crippen molar-refractivity contribution in [1.82, 2.24) is 0 Å². The van der Waals surface area contributed by atoms with E-state index < -0.39 is 5.97 Å². The number of thioether (sulfide) groups is 1. The fourth-order valence-corrected chi connectivity index (χ4v) is 5.30. The normalized spacial score (nSPS) is 14.1. The second-order valence-corrected chi connectivity index (χ2v) is 10.2. The summed E-state index contributed by atoms with van der Waals surface area (Å²) in [4.78, 5) is 13.6. The molecule has 1 aliphatic rings. The number of ether oxygens (including phenoxy) is 1. The maximum Gasteiger partial charge on any atom is 0.337 e. The number of rotatable bonds is 8. The molecular weight excluding hydrogens is 478 g/mol. The summed E-state index contributed by atoms with van der Waals surface area (Å²) in [6.45, 7) is 16.8. The lowest BCUT2D eigenvalue weighted by molar-refractivity contribution is 0.0698. The number of allylic oxidation sites excluding steroid dienone is 3. The largest absolute Gasteiger partial charge is 0.478 e. The number of hydrogen-bond acceptors (Lipinski definition) is 4. The van der Waals surface area contributed by atoms with E-state index in [1.807, 2.05) is 70.2 Å². The summed E-state index contributed by atoms with van der Waals surface area (Å²) >= 11 is 1.57. The summed E-state index contributed by atoms with van der Waals surface area (Å²) in [5.41, 5.74) is 6.68. The molecule has 5 heteroatoms. The highest BCUT2D eigenvalue weighted by atomic mass is 32.2. The van der Waals surface area contributed by atoms with Crippen LogP contribution in [0.5, 0.6) is 5.75 Å². The predicted octanol–water partition coefficient (Wildman–Crippen LogP) is 8.85. The van der Waals surface area contributed by atoms with Gasteiger partial charge in [0.15, 0.2) is 0 Å². The number of fused-ring (bicyclic) bond motifs is 1. The van der Waals surface area contributed by atoms with Crippen LogP contribution in [-0.4, -0.2) is 11.1 Å². The maximum atomic E-state index is 11.7. The van der Waals surface area contributed by atoms with Gasteiger partial charge in [-0.05, 0) is 62.6 Å². The lowest BCUT2D eigenvalue weighted by Gasteiger charge is -2.29. The molecule has 4 rings (SSSR count). The second kappa shape index (κ2) is 11.0. The summed E-state index contributed by atoms with van der Waals surface area (Å²) in [5, 5.41) is 13.0. The van der Waals surface area contributed by atoms with E-state index in [4.69, 9.17) is 4.74 Å².